The molecule has 1 heterocycles. The molecule has 3 N–H and O–H groups in total. The Kier molecular flexibility index (Phi) is 4.34. The van der Waals surface area contributed by atoms with Crippen LogP contribution in [0.5, 0.6) is 0 Å². The van der Waals surface area contributed by atoms with Crippen LogP contribution in [0.25, 0.3) is 0 Å². The van der Waals surface area contributed by atoms with Gasteiger partial charge in [-0.2, -0.15) is 5.10 Å². The first kappa shape index (κ1) is 14.5. The summed E-state index contributed by atoms with van der Waals surface area (Å²) in [6, 6.07) is 0. The third kappa shape index (κ3) is 3.46. The minimum Gasteiger partial charge on any atom is -0.396 e. The van der Waals surface area contributed by atoms with E-state index in [1.54, 1.807) is 11.8 Å². The first-order valence-corrected chi connectivity index (χ1v) is 5.88. The molecule has 1 aromatic heterocycles. The molecule has 0 aliphatic carbocycles. The maximum atomic E-state index is 11.8. The number of nitrogens with zero attached hydrogens (tertiary/aromatic N) is 2. The molecule has 0 aliphatic rings. The van der Waals surface area contributed by atoms with E-state index in [0.29, 0.717) is 12.2 Å². The van der Waals surface area contributed by atoms with Gasteiger partial charge in [-0.15, -0.1) is 0 Å². The molecule has 102 valence electrons. The van der Waals surface area contributed by atoms with Gasteiger partial charge in [0.1, 0.15) is 6.54 Å². The number of methoxy groups -OCH3 is 1. The first-order chi connectivity index (χ1) is 8.26. The van der Waals surface area contributed by atoms with Gasteiger partial charge in [0.25, 0.3) is 0 Å². The predicted octanol–water partition coefficient (Wildman–Crippen LogP) is 0.623. The van der Waals surface area contributed by atoms with Gasteiger partial charge in [0, 0.05) is 13.7 Å². The lowest BCUT2D eigenvalue weighted by Crippen LogP contribution is -2.41. The minimum absolute atomic E-state index is 0.106. The van der Waals surface area contributed by atoms with Crippen molar-refractivity contribution in [1.29, 1.82) is 0 Å². The van der Waals surface area contributed by atoms with Gasteiger partial charge in [-0.05, 0) is 27.7 Å². The number of anilines is 1. The third-order valence-corrected chi connectivity index (χ3v) is 2.99. The molecule has 0 unspecified atom stereocenters. The molecule has 0 fully saturated rings. The summed E-state index contributed by atoms with van der Waals surface area (Å²) in [6.07, 6.45) is 0. The van der Waals surface area contributed by atoms with Crippen molar-refractivity contribution in [3.05, 3.63) is 11.4 Å². The van der Waals surface area contributed by atoms with Crippen LogP contribution in [0.15, 0.2) is 0 Å². The topological polar surface area (TPSA) is 82.2 Å². The van der Waals surface area contributed by atoms with Crippen molar-refractivity contribution in [1.82, 2.24) is 15.1 Å². The number of rotatable bonds is 5. The van der Waals surface area contributed by atoms with Gasteiger partial charge in [0.15, 0.2) is 0 Å². The van der Waals surface area contributed by atoms with Crippen molar-refractivity contribution in [3.63, 3.8) is 0 Å². The minimum atomic E-state index is -0.371. The average molecular weight is 254 g/mol. The van der Waals surface area contributed by atoms with Crippen LogP contribution in [0.2, 0.25) is 0 Å². The zero-order valence-corrected chi connectivity index (χ0v) is 11.7. The van der Waals surface area contributed by atoms with Crippen molar-refractivity contribution in [2.24, 2.45) is 0 Å². The van der Waals surface area contributed by atoms with E-state index in [9.17, 15) is 4.79 Å². The maximum Gasteiger partial charge on any atom is 0.241 e. The van der Waals surface area contributed by atoms with Crippen LogP contribution in [-0.4, -0.2) is 34.9 Å². The van der Waals surface area contributed by atoms with Gasteiger partial charge in [0.2, 0.25) is 5.91 Å². The Bertz CT molecular complexity index is 438. The maximum absolute atomic E-state index is 11.8. The van der Waals surface area contributed by atoms with Gasteiger partial charge in [-0.3, -0.25) is 9.48 Å². The number of amides is 1. The number of aryl methyl sites for hydroxylation is 1. The molecule has 0 saturated carbocycles. The molecule has 0 saturated heterocycles. The number of nitrogens with one attached hydrogen (secondary N) is 1. The molecule has 1 aromatic rings. The van der Waals surface area contributed by atoms with Gasteiger partial charge < -0.3 is 15.8 Å². The summed E-state index contributed by atoms with van der Waals surface area (Å²) in [7, 11) is 1.62. The molecule has 0 aliphatic heterocycles. The zero-order valence-electron chi connectivity index (χ0n) is 11.7. The molecule has 1 rings (SSSR count). The van der Waals surface area contributed by atoms with Crippen LogP contribution in [0, 0.1) is 13.8 Å². The van der Waals surface area contributed by atoms with Crippen LogP contribution >= 0.6 is 0 Å². The van der Waals surface area contributed by atoms with Crippen LogP contribution in [-0.2, 0) is 16.1 Å². The quantitative estimate of drug-likeness (QED) is 0.807. The van der Waals surface area contributed by atoms with E-state index in [2.05, 4.69) is 10.4 Å². The number of carbonyl (C=O) groups excluding carboxylic acids is 1. The zero-order chi connectivity index (χ0) is 13.9. The molecule has 0 atom stereocenters. The van der Waals surface area contributed by atoms with Gasteiger partial charge >= 0.3 is 0 Å². The lowest BCUT2D eigenvalue weighted by molar-refractivity contribution is -0.123. The highest BCUT2D eigenvalue weighted by Crippen LogP contribution is 2.14. The number of nitrogens with two attached hydrogens (primary N) is 1. The number of carbonyl (C=O) groups is 1. The van der Waals surface area contributed by atoms with E-state index in [-0.39, 0.29) is 18.1 Å². The summed E-state index contributed by atoms with van der Waals surface area (Å²) >= 11 is 0. The van der Waals surface area contributed by atoms with Crippen LogP contribution in [0.3, 0.4) is 0 Å². The third-order valence-electron chi connectivity index (χ3n) is 2.99. The molecule has 6 heteroatoms. The van der Waals surface area contributed by atoms with Crippen LogP contribution < -0.4 is 11.1 Å². The Hall–Kier alpha value is -1.56. The summed E-state index contributed by atoms with van der Waals surface area (Å²) in [5, 5.41) is 7.03. The Labute approximate surface area is 107 Å². The molecule has 6 nitrogen and oxygen atoms in total. The normalized spacial score (nSPS) is 11.6. The number of hydrogen-bond acceptors (Lipinski definition) is 4. The Morgan fingerprint density at radius 3 is 2.56 bits per heavy atom. The molecular formula is C12H22N4O2. The fourth-order valence-corrected chi connectivity index (χ4v) is 1.44. The Morgan fingerprint density at radius 1 is 1.50 bits per heavy atom. The van der Waals surface area contributed by atoms with E-state index in [1.807, 2.05) is 27.7 Å². The van der Waals surface area contributed by atoms with Gasteiger partial charge in [-0.25, -0.2) is 0 Å². The van der Waals surface area contributed by atoms with E-state index in [4.69, 9.17) is 10.5 Å². The second kappa shape index (κ2) is 5.39. The average Bonchev–Trinajstić information content (AvgIpc) is 2.55. The Morgan fingerprint density at radius 2 is 2.11 bits per heavy atom. The van der Waals surface area contributed by atoms with E-state index < -0.39 is 0 Å². The van der Waals surface area contributed by atoms with Gasteiger partial charge in [0.05, 0.1) is 22.7 Å². The summed E-state index contributed by atoms with van der Waals surface area (Å²) in [4.78, 5) is 11.8. The standard InChI is InChI=1S/C12H22N4O2/c1-8-11(13)9(2)16(15-8)6-10(17)14-7-12(3,4)18-5/h6-7,13H2,1-5H3,(H,14,17). The molecule has 0 bridgehead atoms. The van der Waals surface area contributed by atoms with E-state index >= 15 is 0 Å². The summed E-state index contributed by atoms with van der Waals surface area (Å²) in [6.45, 7) is 8.12. The number of aromatic nitrogens is 2. The summed E-state index contributed by atoms with van der Waals surface area (Å²) in [5.74, 6) is -0.106. The smallest absolute Gasteiger partial charge is 0.241 e. The predicted molar refractivity (Wildman–Crippen MR) is 70.2 cm³/mol. The molecule has 1 amide bonds. The highest BCUT2D eigenvalue weighted by Gasteiger charge is 2.18. The second-order valence-electron chi connectivity index (χ2n) is 4.98. The Balaban J connectivity index is 2.58. The molecule has 0 radical (unpaired) electrons. The number of nitrogen functional groups attached to an aromatic ring is 1. The fraction of sp³-hybridized carbons (Fsp3) is 0.667. The van der Waals surface area contributed by atoms with E-state index in [0.717, 1.165) is 11.4 Å². The molecule has 0 spiro atoms. The summed E-state index contributed by atoms with van der Waals surface area (Å²) in [5.41, 5.74) is 7.64. The second-order valence-corrected chi connectivity index (χ2v) is 4.98. The van der Waals surface area contributed by atoms with Crippen molar-refractivity contribution in [3.8, 4) is 0 Å². The van der Waals surface area contributed by atoms with E-state index in [1.165, 1.54) is 0 Å². The molecular weight excluding hydrogens is 232 g/mol. The summed E-state index contributed by atoms with van der Waals surface area (Å²) < 4.78 is 6.84. The molecule has 18 heavy (non-hydrogen) atoms. The lowest BCUT2D eigenvalue weighted by Gasteiger charge is -2.23. The van der Waals surface area contributed by atoms with Crippen molar-refractivity contribution < 1.29 is 9.53 Å². The van der Waals surface area contributed by atoms with Crippen molar-refractivity contribution >= 4 is 11.6 Å². The SMILES string of the molecule is COC(C)(C)CNC(=O)Cn1nc(C)c(N)c1C. The van der Waals surface area contributed by atoms with Crippen molar-refractivity contribution in [2.45, 2.75) is 39.8 Å². The fourth-order valence-electron chi connectivity index (χ4n) is 1.44. The largest absolute Gasteiger partial charge is 0.396 e. The highest BCUT2D eigenvalue weighted by molar-refractivity contribution is 5.76. The highest BCUT2D eigenvalue weighted by atomic mass is 16.5. The van der Waals surface area contributed by atoms with Crippen LogP contribution in [0.4, 0.5) is 5.69 Å². The first-order valence-electron chi connectivity index (χ1n) is 5.88. The molecule has 0 aromatic carbocycles. The van der Waals surface area contributed by atoms with Crippen LogP contribution in [0.1, 0.15) is 25.2 Å². The monoisotopic (exact) mass is 254 g/mol. The number of ether oxygens (including phenoxy) is 1. The van der Waals surface area contributed by atoms with Gasteiger partial charge in [-0.1, -0.05) is 0 Å². The van der Waals surface area contributed by atoms with Crippen molar-refractivity contribution in [2.75, 3.05) is 19.4 Å². The lowest BCUT2D eigenvalue weighted by atomic mass is 10.1. The number of hydrogen-bond donors (Lipinski definition) is 2.